The maximum Gasteiger partial charge on any atom is 0.0579 e. The number of nitrogens with zero attached hydrogens (tertiary/aromatic N) is 1. The molecule has 1 aromatic heterocycles. The van der Waals surface area contributed by atoms with Gasteiger partial charge in [0.2, 0.25) is 0 Å². The van der Waals surface area contributed by atoms with Crippen LogP contribution in [0, 0.1) is 12.8 Å². The smallest absolute Gasteiger partial charge is 0.0579 e. The Morgan fingerprint density at radius 3 is 2.58 bits per heavy atom. The van der Waals surface area contributed by atoms with Crippen molar-refractivity contribution >= 4 is 0 Å². The third-order valence-corrected chi connectivity index (χ3v) is 4.21. The average Bonchev–Trinajstić information content (AvgIpc) is 2.68. The van der Waals surface area contributed by atoms with Crippen molar-refractivity contribution in [2.75, 3.05) is 6.54 Å². The zero-order valence-electron chi connectivity index (χ0n) is 12.5. The van der Waals surface area contributed by atoms with Crippen LogP contribution < -0.4 is 5.32 Å². The first kappa shape index (κ1) is 14.5. The molecule has 106 valence electrons. The summed E-state index contributed by atoms with van der Waals surface area (Å²) in [5.74, 6) is 0.767. The lowest BCUT2D eigenvalue weighted by molar-refractivity contribution is 0.320. The number of rotatable bonds is 5. The molecule has 19 heavy (non-hydrogen) atoms. The van der Waals surface area contributed by atoms with Gasteiger partial charge in [-0.05, 0) is 50.8 Å². The lowest BCUT2D eigenvalue weighted by atomic mass is 9.89. The molecule has 0 spiro atoms. The van der Waals surface area contributed by atoms with Crippen molar-refractivity contribution in [1.29, 1.82) is 0 Å². The van der Waals surface area contributed by atoms with Crippen LogP contribution in [0.1, 0.15) is 69.3 Å². The number of aromatic nitrogens is 1. The molecule has 0 saturated heterocycles. The van der Waals surface area contributed by atoms with Crippen LogP contribution in [0.5, 0.6) is 0 Å². The van der Waals surface area contributed by atoms with Crippen LogP contribution in [-0.4, -0.2) is 11.5 Å². The molecular formula is C17H28N2. The minimum Gasteiger partial charge on any atom is -0.308 e. The molecule has 1 aliphatic carbocycles. The summed E-state index contributed by atoms with van der Waals surface area (Å²) in [7, 11) is 0. The van der Waals surface area contributed by atoms with Crippen LogP contribution in [0.2, 0.25) is 0 Å². The van der Waals surface area contributed by atoms with Gasteiger partial charge in [-0.3, -0.25) is 4.98 Å². The van der Waals surface area contributed by atoms with E-state index in [4.69, 9.17) is 4.98 Å². The van der Waals surface area contributed by atoms with Crippen molar-refractivity contribution in [2.45, 2.75) is 64.8 Å². The van der Waals surface area contributed by atoms with Gasteiger partial charge in [0.25, 0.3) is 0 Å². The summed E-state index contributed by atoms with van der Waals surface area (Å²) < 4.78 is 0. The number of hydrogen-bond acceptors (Lipinski definition) is 2. The molecule has 1 fully saturated rings. The van der Waals surface area contributed by atoms with Gasteiger partial charge in [-0.15, -0.1) is 0 Å². The van der Waals surface area contributed by atoms with E-state index >= 15 is 0 Å². The Kier molecular flexibility index (Phi) is 5.84. The lowest BCUT2D eigenvalue weighted by Crippen LogP contribution is -2.29. The third-order valence-electron chi connectivity index (χ3n) is 4.21. The number of nitrogens with one attached hydrogen (secondary N) is 1. The van der Waals surface area contributed by atoms with Crippen LogP contribution in [0.15, 0.2) is 18.2 Å². The second-order valence-corrected chi connectivity index (χ2v) is 5.89. The fraction of sp³-hybridized carbons (Fsp3) is 0.706. The number of hydrogen-bond donors (Lipinski definition) is 1. The van der Waals surface area contributed by atoms with Crippen molar-refractivity contribution in [3.63, 3.8) is 0 Å². The Balaban J connectivity index is 2.13. The van der Waals surface area contributed by atoms with Crippen LogP contribution in [-0.2, 0) is 0 Å². The van der Waals surface area contributed by atoms with Gasteiger partial charge >= 0.3 is 0 Å². The third kappa shape index (κ3) is 4.31. The van der Waals surface area contributed by atoms with E-state index in [0.717, 1.165) is 18.2 Å². The minimum atomic E-state index is 0.456. The molecule has 1 aromatic rings. The standard InChI is InChI=1S/C17H28N2/c1-3-13-18-17(15-10-6-4-5-7-11-15)16-12-8-9-14(2)19-16/h8-9,12,15,17-18H,3-7,10-11,13H2,1-2H3. The fourth-order valence-corrected chi connectivity index (χ4v) is 3.19. The zero-order valence-corrected chi connectivity index (χ0v) is 12.5. The van der Waals surface area contributed by atoms with Crippen molar-refractivity contribution in [3.05, 3.63) is 29.6 Å². The zero-order chi connectivity index (χ0) is 13.5. The Morgan fingerprint density at radius 1 is 1.21 bits per heavy atom. The molecule has 1 saturated carbocycles. The van der Waals surface area contributed by atoms with Crippen LogP contribution in [0.25, 0.3) is 0 Å². The molecular weight excluding hydrogens is 232 g/mol. The molecule has 0 radical (unpaired) electrons. The summed E-state index contributed by atoms with van der Waals surface area (Å²) in [6, 6.07) is 6.89. The molecule has 1 aliphatic rings. The molecule has 1 N–H and O–H groups in total. The molecule has 1 unspecified atom stereocenters. The predicted molar refractivity (Wildman–Crippen MR) is 81.2 cm³/mol. The number of aryl methyl sites for hydroxylation is 1. The van der Waals surface area contributed by atoms with Crippen LogP contribution in [0.3, 0.4) is 0 Å². The molecule has 0 aliphatic heterocycles. The highest BCUT2D eigenvalue weighted by molar-refractivity contribution is 5.14. The second kappa shape index (κ2) is 7.64. The first-order chi connectivity index (χ1) is 9.31. The summed E-state index contributed by atoms with van der Waals surface area (Å²) in [6.07, 6.45) is 9.51. The van der Waals surface area contributed by atoms with Gasteiger partial charge in [-0.1, -0.05) is 38.7 Å². The molecule has 2 heteroatoms. The Labute approximate surface area is 118 Å². The normalized spacial score (nSPS) is 19.1. The Bertz CT molecular complexity index is 367. The van der Waals surface area contributed by atoms with Crippen LogP contribution >= 0.6 is 0 Å². The summed E-state index contributed by atoms with van der Waals surface area (Å²) in [5.41, 5.74) is 2.38. The SMILES string of the molecule is CCCNC(c1cccc(C)n1)C1CCCCCC1. The average molecular weight is 260 g/mol. The van der Waals surface area contributed by atoms with E-state index in [2.05, 4.69) is 37.4 Å². The van der Waals surface area contributed by atoms with E-state index in [9.17, 15) is 0 Å². The van der Waals surface area contributed by atoms with Gasteiger partial charge in [0.05, 0.1) is 11.7 Å². The fourth-order valence-electron chi connectivity index (χ4n) is 3.19. The van der Waals surface area contributed by atoms with Gasteiger partial charge < -0.3 is 5.32 Å². The van der Waals surface area contributed by atoms with E-state index in [1.54, 1.807) is 0 Å². The molecule has 2 rings (SSSR count). The van der Waals surface area contributed by atoms with Crippen molar-refractivity contribution in [3.8, 4) is 0 Å². The van der Waals surface area contributed by atoms with Crippen molar-refractivity contribution in [1.82, 2.24) is 10.3 Å². The first-order valence-corrected chi connectivity index (χ1v) is 7.98. The summed E-state index contributed by atoms with van der Waals surface area (Å²) in [5, 5.41) is 3.75. The Morgan fingerprint density at radius 2 is 1.95 bits per heavy atom. The van der Waals surface area contributed by atoms with Crippen molar-refractivity contribution in [2.24, 2.45) is 5.92 Å². The summed E-state index contributed by atoms with van der Waals surface area (Å²) >= 11 is 0. The quantitative estimate of drug-likeness (QED) is 0.794. The van der Waals surface area contributed by atoms with Gasteiger partial charge in [0, 0.05) is 5.69 Å². The minimum absolute atomic E-state index is 0.456. The van der Waals surface area contributed by atoms with Crippen molar-refractivity contribution < 1.29 is 0 Å². The van der Waals surface area contributed by atoms with Gasteiger partial charge in [0.15, 0.2) is 0 Å². The molecule has 0 aromatic carbocycles. The highest BCUT2D eigenvalue weighted by atomic mass is 14.9. The maximum atomic E-state index is 4.77. The molecule has 0 bridgehead atoms. The largest absolute Gasteiger partial charge is 0.308 e. The topological polar surface area (TPSA) is 24.9 Å². The van der Waals surface area contributed by atoms with Crippen LogP contribution in [0.4, 0.5) is 0 Å². The predicted octanol–water partition coefficient (Wildman–Crippen LogP) is 4.40. The number of pyridine rings is 1. The molecule has 2 nitrogen and oxygen atoms in total. The first-order valence-electron chi connectivity index (χ1n) is 7.98. The maximum absolute atomic E-state index is 4.77. The lowest BCUT2D eigenvalue weighted by Gasteiger charge is -2.27. The Hall–Kier alpha value is -0.890. The second-order valence-electron chi connectivity index (χ2n) is 5.89. The van der Waals surface area contributed by atoms with E-state index in [0.29, 0.717) is 6.04 Å². The highest BCUT2D eigenvalue weighted by Gasteiger charge is 2.24. The molecule has 0 amide bonds. The molecule has 1 heterocycles. The van der Waals surface area contributed by atoms with Gasteiger partial charge in [-0.25, -0.2) is 0 Å². The highest BCUT2D eigenvalue weighted by Crippen LogP contribution is 2.32. The summed E-state index contributed by atoms with van der Waals surface area (Å²) in [6.45, 7) is 5.42. The monoisotopic (exact) mass is 260 g/mol. The van der Waals surface area contributed by atoms with E-state index in [1.165, 1.54) is 50.6 Å². The van der Waals surface area contributed by atoms with E-state index in [-0.39, 0.29) is 0 Å². The van der Waals surface area contributed by atoms with E-state index in [1.807, 2.05) is 0 Å². The molecule has 1 atom stereocenters. The van der Waals surface area contributed by atoms with E-state index < -0.39 is 0 Å². The van der Waals surface area contributed by atoms with Gasteiger partial charge in [-0.2, -0.15) is 0 Å². The van der Waals surface area contributed by atoms with Gasteiger partial charge in [0.1, 0.15) is 0 Å². The summed E-state index contributed by atoms with van der Waals surface area (Å²) in [4.78, 5) is 4.77.